The maximum absolute atomic E-state index is 6.09. The predicted octanol–water partition coefficient (Wildman–Crippen LogP) is 3.40. The summed E-state index contributed by atoms with van der Waals surface area (Å²) in [6, 6.07) is 5.71. The van der Waals surface area contributed by atoms with Gasteiger partial charge in [-0.1, -0.05) is 30.4 Å². The van der Waals surface area contributed by atoms with Crippen molar-refractivity contribution < 1.29 is 0 Å². The van der Waals surface area contributed by atoms with Gasteiger partial charge in [0.15, 0.2) is 0 Å². The summed E-state index contributed by atoms with van der Waals surface area (Å²) in [5.74, 6) is 6.11. The van der Waals surface area contributed by atoms with Gasteiger partial charge < -0.3 is 0 Å². The molecule has 3 heteroatoms. The van der Waals surface area contributed by atoms with Crippen molar-refractivity contribution in [1.82, 2.24) is 9.97 Å². The number of hydrogen-bond donors (Lipinski definition) is 0. The lowest BCUT2D eigenvalue weighted by atomic mass is 10.2. The Hall–Kier alpha value is -1.85. The minimum Gasteiger partial charge on any atom is -0.260 e. The van der Waals surface area contributed by atoms with Gasteiger partial charge in [0.2, 0.25) is 0 Å². The van der Waals surface area contributed by atoms with Crippen molar-refractivity contribution in [3.63, 3.8) is 0 Å². The smallest absolute Gasteiger partial charge is 0.0648 e. The largest absolute Gasteiger partial charge is 0.260 e. The molecule has 90 valence electrons. The molecule has 2 aromatic rings. The second-order valence-corrected chi connectivity index (χ2v) is 4.30. The van der Waals surface area contributed by atoms with Crippen molar-refractivity contribution in [2.75, 3.05) is 0 Å². The van der Waals surface area contributed by atoms with E-state index < -0.39 is 0 Å². The van der Waals surface area contributed by atoms with Crippen molar-refractivity contribution >= 4 is 11.6 Å². The van der Waals surface area contributed by atoms with Gasteiger partial charge in [0, 0.05) is 23.7 Å². The van der Waals surface area contributed by atoms with Crippen molar-refractivity contribution in [2.24, 2.45) is 0 Å². The van der Waals surface area contributed by atoms with Crippen LogP contribution in [-0.2, 0) is 6.42 Å². The highest BCUT2D eigenvalue weighted by Crippen LogP contribution is 2.16. The van der Waals surface area contributed by atoms with Crippen LogP contribution in [0.5, 0.6) is 0 Å². The van der Waals surface area contributed by atoms with Gasteiger partial charge in [0.25, 0.3) is 0 Å². The molecule has 0 saturated carbocycles. The van der Waals surface area contributed by atoms with Gasteiger partial charge in [0.1, 0.15) is 0 Å². The Balaban J connectivity index is 2.31. The average molecular weight is 257 g/mol. The molecule has 0 aliphatic heterocycles. The Bertz CT molecular complexity index is 586. The number of nitrogens with zero attached hydrogens (tertiary/aromatic N) is 2. The van der Waals surface area contributed by atoms with E-state index in [1.54, 1.807) is 18.5 Å². The molecule has 0 radical (unpaired) electrons. The Morgan fingerprint density at radius 1 is 1.17 bits per heavy atom. The zero-order valence-electron chi connectivity index (χ0n) is 10.4. The van der Waals surface area contributed by atoms with E-state index >= 15 is 0 Å². The molecule has 0 bridgehead atoms. The van der Waals surface area contributed by atoms with Gasteiger partial charge in [-0.25, -0.2) is 0 Å². The Labute approximate surface area is 112 Å². The van der Waals surface area contributed by atoms with Gasteiger partial charge in [-0.2, -0.15) is 0 Å². The first-order valence-electron chi connectivity index (χ1n) is 5.78. The number of aryl methyl sites for hydroxylation is 2. The summed E-state index contributed by atoms with van der Waals surface area (Å²) < 4.78 is 0. The first kappa shape index (κ1) is 12.6. The van der Waals surface area contributed by atoms with E-state index in [-0.39, 0.29) is 0 Å². The summed E-state index contributed by atoms with van der Waals surface area (Å²) >= 11 is 6.09. The predicted molar refractivity (Wildman–Crippen MR) is 73.6 cm³/mol. The van der Waals surface area contributed by atoms with Crippen LogP contribution in [0, 0.1) is 18.8 Å². The second-order valence-electron chi connectivity index (χ2n) is 3.89. The topological polar surface area (TPSA) is 25.8 Å². The Morgan fingerprint density at radius 2 is 2.00 bits per heavy atom. The van der Waals surface area contributed by atoms with E-state index in [4.69, 9.17) is 11.6 Å². The SMILES string of the molecule is CCc1ccc(C#Cc2c(Cl)ccnc2C)cn1. The Kier molecular flexibility index (Phi) is 3.96. The molecule has 0 fully saturated rings. The number of aromatic nitrogens is 2. The van der Waals surface area contributed by atoms with Crippen LogP contribution in [0.1, 0.15) is 29.4 Å². The fourth-order valence-corrected chi connectivity index (χ4v) is 1.77. The van der Waals surface area contributed by atoms with Crippen molar-refractivity contribution in [3.8, 4) is 11.8 Å². The molecule has 0 saturated heterocycles. The molecule has 0 unspecified atom stereocenters. The van der Waals surface area contributed by atoms with E-state index in [9.17, 15) is 0 Å². The zero-order valence-corrected chi connectivity index (χ0v) is 11.1. The normalized spacial score (nSPS) is 9.72. The summed E-state index contributed by atoms with van der Waals surface area (Å²) in [5, 5.41) is 0.633. The van der Waals surface area contributed by atoms with Crippen LogP contribution >= 0.6 is 11.6 Å². The minimum atomic E-state index is 0.633. The zero-order chi connectivity index (χ0) is 13.0. The monoisotopic (exact) mass is 256 g/mol. The van der Waals surface area contributed by atoms with Crippen LogP contribution < -0.4 is 0 Å². The third-order valence-electron chi connectivity index (χ3n) is 2.61. The Morgan fingerprint density at radius 3 is 2.61 bits per heavy atom. The highest BCUT2D eigenvalue weighted by Gasteiger charge is 2.00. The van der Waals surface area contributed by atoms with Crippen LogP contribution in [0.2, 0.25) is 5.02 Å². The maximum atomic E-state index is 6.09. The molecule has 0 aliphatic carbocycles. The molecule has 2 rings (SSSR count). The van der Waals surface area contributed by atoms with Gasteiger partial charge in [0.05, 0.1) is 16.3 Å². The lowest BCUT2D eigenvalue weighted by molar-refractivity contribution is 1.03. The molecule has 0 aliphatic rings. The van der Waals surface area contributed by atoms with E-state index in [1.807, 2.05) is 19.1 Å². The van der Waals surface area contributed by atoms with Crippen LogP contribution in [0.4, 0.5) is 0 Å². The third-order valence-corrected chi connectivity index (χ3v) is 2.92. The fraction of sp³-hybridized carbons (Fsp3) is 0.200. The van der Waals surface area contributed by atoms with E-state index in [1.165, 1.54) is 0 Å². The first-order chi connectivity index (χ1) is 8.70. The standard InChI is InChI=1S/C15H13ClN2/c1-3-13-6-4-12(10-18-13)5-7-14-11(2)17-9-8-15(14)16/h4,6,8-10H,3H2,1-2H3. The summed E-state index contributed by atoms with van der Waals surface area (Å²) in [7, 11) is 0. The summed E-state index contributed by atoms with van der Waals surface area (Å²) in [6.07, 6.45) is 4.40. The highest BCUT2D eigenvalue weighted by molar-refractivity contribution is 6.31. The number of hydrogen-bond acceptors (Lipinski definition) is 2. The summed E-state index contributed by atoms with van der Waals surface area (Å²) in [4.78, 5) is 8.48. The molecular formula is C15H13ClN2. The number of rotatable bonds is 1. The van der Waals surface area contributed by atoms with Crippen LogP contribution in [0.15, 0.2) is 30.6 Å². The molecule has 0 aromatic carbocycles. The lowest BCUT2D eigenvalue weighted by Crippen LogP contribution is -1.89. The van der Waals surface area contributed by atoms with E-state index in [2.05, 4.69) is 28.7 Å². The fourth-order valence-electron chi connectivity index (χ4n) is 1.53. The molecule has 2 nitrogen and oxygen atoms in total. The molecule has 0 spiro atoms. The van der Waals surface area contributed by atoms with E-state index in [0.29, 0.717) is 5.02 Å². The third kappa shape index (κ3) is 2.88. The van der Waals surface area contributed by atoms with Gasteiger partial charge >= 0.3 is 0 Å². The maximum Gasteiger partial charge on any atom is 0.0648 e. The van der Waals surface area contributed by atoms with Crippen molar-refractivity contribution in [2.45, 2.75) is 20.3 Å². The van der Waals surface area contributed by atoms with Crippen LogP contribution in [0.25, 0.3) is 0 Å². The van der Waals surface area contributed by atoms with Crippen molar-refractivity contribution in [1.29, 1.82) is 0 Å². The number of pyridine rings is 2. The highest BCUT2D eigenvalue weighted by atomic mass is 35.5. The van der Waals surface area contributed by atoms with Gasteiger partial charge in [-0.05, 0) is 31.5 Å². The average Bonchev–Trinajstić information content (AvgIpc) is 2.39. The van der Waals surface area contributed by atoms with Crippen LogP contribution in [0.3, 0.4) is 0 Å². The lowest BCUT2D eigenvalue weighted by Gasteiger charge is -1.98. The number of halogens is 1. The minimum absolute atomic E-state index is 0.633. The van der Waals surface area contributed by atoms with Gasteiger partial charge in [-0.15, -0.1) is 0 Å². The first-order valence-corrected chi connectivity index (χ1v) is 6.16. The van der Waals surface area contributed by atoms with Crippen LogP contribution in [-0.4, -0.2) is 9.97 Å². The second kappa shape index (κ2) is 5.66. The molecular weight excluding hydrogens is 244 g/mol. The summed E-state index contributed by atoms with van der Waals surface area (Å²) in [5.41, 5.74) is 3.56. The quantitative estimate of drug-likeness (QED) is 0.731. The molecule has 0 amide bonds. The summed E-state index contributed by atoms with van der Waals surface area (Å²) in [6.45, 7) is 3.97. The molecule has 2 heterocycles. The van der Waals surface area contributed by atoms with Crippen molar-refractivity contribution in [3.05, 3.63) is 58.1 Å². The molecule has 2 aromatic heterocycles. The van der Waals surface area contributed by atoms with E-state index in [0.717, 1.165) is 28.9 Å². The van der Waals surface area contributed by atoms with Gasteiger partial charge in [-0.3, -0.25) is 9.97 Å². The molecule has 0 N–H and O–H groups in total. The molecule has 18 heavy (non-hydrogen) atoms. The molecule has 0 atom stereocenters.